The van der Waals surface area contributed by atoms with Gasteiger partial charge in [0.2, 0.25) is 0 Å². The van der Waals surface area contributed by atoms with Crippen LogP contribution in [0.2, 0.25) is 0 Å². The number of benzene rings is 2. The number of hydrogen-bond acceptors (Lipinski definition) is 1. The van der Waals surface area contributed by atoms with Gasteiger partial charge in [0, 0.05) is 0 Å². The molecule has 0 unspecified atom stereocenters. The molecule has 0 bridgehead atoms. The first kappa shape index (κ1) is 10.6. The number of halogens is 2. The molecule has 0 aliphatic rings. The van der Waals surface area contributed by atoms with Crippen LogP contribution < -0.4 is 4.74 Å². The van der Waals surface area contributed by atoms with Crippen LogP contribution in [0.5, 0.6) is 11.5 Å². The van der Waals surface area contributed by atoms with Crippen LogP contribution in [0.25, 0.3) is 0 Å². The topological polar surface area (TPSA) is 9.23 Å². The molecule has 0 aromatic heterocycles. The van der Waals surface area contributed by atoms with Crippen molar-refractivity contribution in [1.29, 1.82) is 0 Å². The van der Waals surface area contributed by atoms with Crippen LogP contribution in [-0.2, 0) is 0 Å². The molecular weight excluding hydrogens is 210 g/mol. The quantitative estimate of drug-likeness (QED) is 0.741. The van der Waals surface area contributed by atoms with Gasteiger partial charge in [-0.2, -0.15) is 0 Å². The lowest BCUT2D eigenvalue weighted by atomic mass is 10.2. The monoisotopic (exact) mass is 220 g/mol. The maximum Gasteiger partial charge on any atom is 0.198 e. The Morgan fingerprint density at radius 3 is 2.00 bits per heavy atom. The highest BCUT2D eigenvalue weighted by molar-refractivity contribution is 5.34. The van der Waals surface area contributed by atoms with E-state index in [9.17, 15) is 8.78 Å². The molecule has 0 atom stereocenters. The average molecular weight is 220 g/mol. The van der Waals surface area contributed by atoms with Crippen LogP contribution in [0.1, 0.15) is 5.56 Å². The molecule has 0 amide bonds. The van der Waals surface area contributed by atoms with E-state index in [1.165, 1.54) is 6.07 Å². The molecule has 0 aliphatic heterocycles. The number of rotatable bonds is 2. The molecule has 0 spiro atoms. The van der Waals surface area contributed by atoms with Crippen molar-refractivity contribution in [2.75, 3.05) is 0 Å². The first-order chi connectivity index (χ1) is 7.66. The lowest BCUT2D eigenvalue weighted by Crippen LogP contribution is -1.91. The highest BCUT2D eigenvalue weighted by Crippen LogP contribution is 2.27. The third-order valence-corrected chi connectivity index (χ3v) is 2.16. The predicted octanol–water partition coefficient (Wildman–Crippen LogP) is 4.07. The third kappa shape index (κ3) is 2.19. The van der Waals surface area contributed by atoms with E-state index >= 15 is 0 Å². The zero-order valence-corrected chi connectivity index (χ0v) is 8.71. The van der Waals surface area contributed by atoms with E-state index in [4.69, 9.17) is 4.74 Å². The van der Waals surface area contributed by atoms with E-state index in [0.717, 1.165) is 17.7 Å². The molecule has 0 fully saturated rings. The average Bonchev–Trinajstić information content (AvgIpc) is 2.26. The van der Waals surface area contributed by atoms with Gasteiger partial charge in [0.05, 0.1) is 0 Å². The molecule has 0 heterocycles. The predicted molar refractivity (Wildman–Crippen MR) is 57.6 cm³/mol. The van der Waals surface area contributed by atoms with Gasteiger partial charge in [0.1, 0.15) is 5.75 Å². The van der Waals surface area contributed by atoms with Gasteiger partial charge in [-0.15, -0.1) is 0 Å². The first-order valence-corrected chi connectivity index (χ1v) is 4.85. The van der Waals surface area contributed by atoms with Crippen LogP contribution in [0.4, 0.5) is 8.78 Å². The minimum Gasteiger partial charge on any atom is -0.451 e. The van der Waals surface area contributed by atoms with Gasteiger partial charge in [-0.3, -0.25) is 0 Å². The van der Waals surface area contributed by atoms with E-state index < -0.39 is 11.6 Å². The molecular formula is C13H10F2O. The lowest BCUT2D eigenvalue weighted by molar-refractivity contribution is 0.407. The van der Waals surface area contributed by atoms with Gasteiger partial charge in [-0.1, -0.05) is 23.8 Å². The minimum absolute atomic E-state index is 0.369. The summed E-state index contributed by atoms with van der Waals surface area (Å²) in [4.78, 5) is 0. The Morgan fingerprint density at radius 2 is 1.44 bits per heavy atom. The van der Waals surface area contributed by atoms with Crippen molar-refractivity contribution < 1.29 is 13.5 Å². The second kappa shape index (κ2) is 4.31. The largest absolute Gasteiger partial charge is 0.451 e. The van der Waals surface area contributed by atoms with Gasteiger partial charge in [0.15, 0.2) is 17.4 Å². The van der Waals surface area contributed by atoms with E-state index in [1.807, 2.05) is 19.1 Å². The fourth-order valence-corrected chi connectivity index (χ4v) is 1.30. The van der Waals surface area contributed by atoms with E-state index in [-0.39, 0.29) is 5.75 Å². The maximum atomic E-state index is 13.3. The van der Waals surface area contributed by atoms with Gasteiger partial charge < -0.3 is 4.74 Å². The van der Waals surface area contributed by atoms with Crippen molar-refractivity contribution in [3.8, 4) is 11.5 Å². The Morgan fingerprint density at radius 1 is 0.875 bits per heavy atom. The molecule has 0 saturated carbocycles. The van der Waals surface area contributed by atoms with Crippen LogP contribution in [-0.4, -0.2) is 0 Å². The van der Waals surface area contributed by atoms with Gasteiger partial charge >= 0.3 is 0 Å². The zero-order chi connectivity index (χ0) is 11.5. The molecule has 0 N–H and O–H groups in total. The van der Waals surface area contributed by atoms with Gasteiger partial charge in [-0.05, 0) is 31.2 Å². The molecule has 0 radical (unpaired) electrons. The maximum absolute atomic E-state index is 13.3. The SMILES string of the molecule is Cc1ccc(Oc2c(F)cccc2F)cc1. The fourth-order valence-electron chi connectivity index (χ4n) is 1.30. The van der Waals surface area contributed by atoms with Gasteiger partial charge in [0.25, 0.3) is 0 Å². The number of para-hydroxylation sites is 1. The smallest absolute Gasteiger partial charge is 0.198 e. The molecule has 1 nitrogen and oxygen atoms in total. The summed E-state index contributed by atoms with van der Waals surface area (Å²) in [7, 11) is 0. The summed E-state index contributed by atoms with van der Waals surface area (Å²) < 4.78 is 31.6. The zero-order valence-electron chi connectivity index (χ0n) is 8.71. The summed E-state index contributed by atoms with van der Waals surface area (Å²) in [6.45, 7) is 1.92. The first-order valence-electron chi connectivity index (χ1n) is 4.85. The summed E-state index contributed by atoms with van der Waals surface area (Å²) in [6.07, 6.45) is 0. The van der Waals surface area contributed by atoms with Crippen LogP contribution in [0.3, 0.4) is 0 Å². The second-order valence-electron chi connectivity index (χ2n) is 3.47. The number of ether oxygens (including phenoxy) is 1. The highest BCUT2D eigenvalue weighted by Gasteiger charge is 2.10. The molecule has 2 rings (SSSR count). The lowest BCUT2D eigenvalue weighted by Gasteiger charge is -2.07. The summed E-state index contributed by atoms with van der Waals surface area (Å²) >= 11 is 0. The minimum atomic E-state index is -0.708. The molecule has 82 valence electrons. The molecule has 2 aromatic rings. The van der Waals surface area contributed by atoms with Crippen molar-refractivity contribution in [2.45, 2.75) is 6.92 Å². The summed E-state index contributed by atoms with van der Waals surface area (Å²) in [6, 6.07) is 10.6. The van der Waals surface area contributed by atoms with Crippen molar-refractivity contribution >= 4 is 0 Å². The Balaban J connectivity index is 2.30. The van der Waals surface area contributed by atoms with E-state index in [0.29, 0.717) is 5.75 Å². The van der Waals surface area contributed by atoms with Crippen molar-refractivity contribution in [3.63, 3.8) is 0 Å². The molecule has 0 aliphatic carbocycles. The normalized spacial score (nSPS) is 10.2. The van der Waals surface area contributed by atoms with Crippen molar-refractivity contribution in [2.24, 2.45) is 0 Å². The summed E-state index contributed by atoms with van der Waals surface area (Å²) in [5.74, 6) is -1.37. The van der Waals surface area contributed by atoms with Crippen LogP contribution in [0.15, 0.2) is 42.5 Å². The Labute approximate surface area is 92.3 Å². The number of hydrogen-bond donors (Lipinski definition) is 0. The van der Waals surface area contributed by atoms with E-state index in [2.05, 4.69) is 0 Å². The molecule has 0 saturated heterocycles. The van der Waals surface area contributed by atoms with Gasteiger partial charge in [-0.25, -0.2) is 8.78 Å². The second-order valence-corrected chi connectivity index (χ2v) is 3.47. The van der Waals surface area contributed by atoms with Crippen LogP contribution >= 0.6 is 0 Å². The number of aryl methyl sites for hydroxylation is 1. The molecule has 2 aromatic carbocycles. The Hall–Kier alpha value is -1.90. The Bertz CT molecular complexity index is 472. The third-order valence-electron chi connectivity index (χ3n) is 2.16. The standard InChI is InChI=1S/C13H10F2O/c1-9-5-7-10(8-6-9)16-13-11(14)3-2-4-12(13)15/h2-8H,1H3. The highest BCUT2D eigenvalue weighted by atomic mass is 19.1. The van der Waals surface area contributed by atoms with Crippen molar-refractivity contribution in [3.05, 3.63) is 59.7 Å². The van der Waals surface area contributed by atoms with Crippen LogP contribution in [0, 0.1) is 18.6 Å². The van der Waals surface area contributed by atoms with Crippen molar-refractivity contribution in [1.82, 2.24) is 0 Å². The summed E-state index contributed by atoms with van der Waals surface area (Å²) in [5.41, 5.74) is 1.06. The molecule has 3 heteroatoms. The van der Waals surface area contributed by atoms with E-state index in [1.54, 1.807) is 12.1 Å². The fraction of sp³-hybridized carbons (Fsp3) is 0.0769. The molecule has 16 heavy (non-hydrogen) atoms. The summed E-state index contributed by atoms with van der Waals surface area (Å²) in [5, 5.41) is 0. The Kier molecular flexibility index (Phi) is 2.86.